The number of hydrogen-bond donors (Lipinski definition) is 2. The molecule has 0 radical (unpaired) electrons. The van der Waals surface area contributed by atoms with Gasteiger partial charge in [0.05, 0.1) is 30.8 Å². The number of ether oxygens (including phenoxy) is 1. The Morgan fingerprint density at radius 1 is 1.12 bits per heavy atom. The van der Waals surface area contributed by atoms with E-state index < -0.39 is 5.41 Å². The summed E-state index contributed by atoms with van der Waals surface area (Å²) in [6.07, 6.45) is 4.74. The molecular weight excluding hydrogens is 430 g/mol. The van der Waals surface area contributed by atoms with Crippen molar-refractivity contribution in [3.05, 3.63) is 60.6 Å². The highest BCUT2D eigenvalue weighted by atomic mass is 16.5. The lowest BCUT2D eigenvalue weighted by molar-refractivity contribution is 0.375. The van der Waals surface area contributed by atoms with Crippen LogP contribution in [0, 0.1) is 11.3 Å². The maximum atomic E-state index is 9.93. The van der Waals surface area contributed by atoms with Crippen LogP contribution in [0.2, 0.25) is 0 Å². The summed E-state index contributed by atoms with van der Waals surface area (Å²) in [5.74, 6) is 1.31. The molecule has 4 aromatic rings. The molecule has 5 rings (SSSR count). The highest BCUT2D eigenvalue weighted by Crippen LogP contribution is 2.35. The van der Waals surface area contributed by atoms with Gasteiger partial charge in [-0.3, -0.25) is 4.98 Å². The van der Waals surface area contributed by atoms with Crippen molar-refractivity contribution in [3.63, 3.8) is 0 Å². The van der Waals surface area contributed by atoms with Crippen molar-refractivity contribution < 1.29 is 9.26 Å². The predicted octanol–water partition coefficient (Wildman–Crippen LogP) is 3.60. The third kappa shape index (κ3) is 3.84. The van der Waals surface area contributed by atoms with Gasteiger partial charge in [0, 0.05) is 23.4 Å². The van der Waals surface area contributed by atoms with Crippen LogP contribution in [0.3, 0.4) is 0 Å². The highest BCUT2D eigenvalue weighted by Gasteiger charge is 2.35. The summed E-state index contributed by atoms with van der Waals surface area (Å²) in [4.78, 5) is 13.6. The van der Waals surface area contributed by atoms with Crippen molar-refractivity contribution in [3.8, 4) is 45.8 Å². The van der Waals surface area contributed by atoms with E-state index in [1.165, 1.54) is 0 Å². The number of piperidine rings is 1. The fourth-order valence-corrected chi connectivity index (χ4v) is 4.22. The molecule has 4 heterocycles. The number of nitrogens with zero attached hydrogens (tertiary/aromatic N) is 5. The maximum absolute atomic E-state index is 9.93. The second-order valence-corrected chi connectivity index (χ2v) is 8.14. The van der Waals surface area contributed by atoms with E-state index in [-0.39, 0.29) is 5.82 Å². The number of nitrogens with two attached hydrogens (primary N) is 1. The van der Waals surface area contributed by atoms with Gasteiger partial charge in [-0.15, -0.1) is 0 Å². The van der Waals surface area contributed by atoms with E-state index in [0.717, 1.165) is 29.9 Å². The molecular formula is C25H23N7O2. The van der Waals surface area contributed by atoms with Crippen molar-refractivity contribution in [1.82, 2.24) is 25.4 Å². The third-order valence-electron chi connectivity index (χ3n) is 6.14. The number of anilines is 1. The molecule has 0 saturated carbocycles. The molecule has 1 aliphatic rings. The van der Waals surface area contributed by atoms with E-state index in [1.54, 1.807) is 25.6 Å². The molecule has 9 nitrogen and oxygen atoms in total. The minimum Gasteiger partial charge on any atom is -0.496 e. The summed E-state index contributed by atoms with van der Waals surface area (Å²) < 4.78 is 11.0. The van der Waals surface area contributed by atoms with Crippen LogP contribution in [0.4, 0.5) is 5.82 Å². The van der Waals surface area contributed by atoms with Gasteiger partial charge in [-0.2, -0.15) is 5.26 Å². The van der Waals surface area contributed by atoms with Crippen LogP contribution < -0.4 is 15.8 Å². The maximum Gasteiger partial charge on any atom is 0.189 e. The van der Waals surface area contributed by atoms with Gasteiger partial charge in [0.2, 0.25) is 0 Å². The van der Waals surface area contributed by atoms with Gasteiger partial charge in [0.15, 0.2) is 17.3 Å². The summed E-state index contributed by atoms with van der Waals surface area (Å²) in [6, 6.07) is 15.6. The van der Waals surface area contributed by atoms with Crippen molar-refractivity contribution in [2.45, 2.75) is 18.3 Å². The van der Waals surface area contributed by atoms with Gasteiger partial charge < -0.3 is 20.3 Å². The lowest BCUT2D eigenvalue weighted by atomic mass is 9.77. The Morgan fingerprint density at radius 3 is 2.74 bits per heavy atom. The summed E-state index contributed by atoms with van der Waals surface area (Å²) >= 11 is 0. The molecule has 1 aromatic carbocycles. The van der Waals surface area contributed by atoms with Gasteiger partial charge in [-0.05, 0) is 50.2 Å². The van der Waals surface area contributed by atoms with Crippen LogP contribution in [0.1, 0.15) is 18.5 Å². The molecule has 0 atom stereocenters. The number of aromatic nitrogens is 4. The molecule has 1 fully saturated rings. The largest absolute Gasteiger partial charge is 0.496 e. The summed E-state index contributed by atoms with van der Waals surface area (Å²) in [6.45, 7) is 1.57. The fraction of sp³-hybridized carbons (Fsp3) is 0.240. The molecule has 34 heavy (non-hydrogen) atoms. The first-order valence-corrected chi connectivity index (χ1v) is 11.0. The molecule has 3 aromatic heterocycles. The van der Waals surface area contributed by atoms with Gasteiger partial charge >= 0.3 is 0 Å². The molecule has 170 valence electrons. The molecule has 1 aliphatic heterocycles. The quantitative estimate of drug-likeness (QED) is 0.464. The second-order valence-electron chi connectivity index (χ2n) is 8.14. The number of pyridine rings is 1. The van der Waals surface area contributed by atoms with Crippen LogP contribution in [0.5, 0.6) is 5.75 Å². The van der Waals surface area contributed by atoms with Crippen LogP contribution in [-0.2, 0) is 5.41 Å². The molecule has 1 saturated heterocycles. The first-order chi connectivity index (χ1) is 16.6. The molecule has 9 heteroatoms. The van der Waals surface area contributed by atoms with E-state index in [4.69, 9.17) is 20.0 Å². The van der Waals surface area contributed by atoms with Gasteiger partial charge in [-0.1, -0.05) is 17.3 Å². The molecule has 3 N–H and O–H groups in total. The minimum atomic E-state index is -0.611. The minimum absolute atomic E-state index is 0.229. The number of nitrogen functional groups attached to an aromatic ring is 1. The van der Waals surface area contributed by atoms with Crippen LogP contribution in [0.25, 0.3) is 34.0 Å². The summed E-state index contributed by atoms with van der Waals surface area (Å²) in [5.41, 5.74) is 9.47. The fourth-order valence-electron chi connectivity index (χ4n) is 4.22. The van der Waals surface area contributed by atoms with Crippen LogP contribution >= 0.6 is 0 Å². The predicted molar refractivity (Wildman–Crippen MR) is 127 cm³/mol. The van der Waals surface area contributed by atoms with Crippen molar-refractivity contribution in [2.75, 3.05) is 25.9 Å². The zero-order valence-electron chi connectivity index (χ0n) is 18.7. The average Bonchev–Trinajstić information content (AvgIpc) is 3.39. The Bertz CT molecular complexity index is 1370. The number of methoxy groups -OCH3 is 1. The van der Waals surface area contributed by atoms with Crippen LogP contribution in [0.15, 0.2) is 59.4 Å². The first kappa shape index (κ1) is 21.6. The topological polar surface area (TPSA) is 136 Å². The summed E-state index contributed by atoms with van der Waals surface area (Å²) in [7, 11) is 1.61. The number of nitrogens with one attached hydrogen (secondary N) is 1. The molecule has 0 aliphatic carbocycles. The zero-order valence-corrected chi connectivity index (χ0v) is 18.7. The average molecular weight is 454 g/mol. The Hall–Kier alpha value is -4.29. The Morgan fingerprint density at radius 2 is 1.94 bits per heavy atom. The number of hydrogen-bond acceptors (Lipinski definition) is 9. The monoisotopic (exact) mass is 453 g/mol. The molecule has 0 spiro atoms. The number of nitriles is 1. The number of para-hydroxylation sites is 1. The SMILES string of the molecule is COc1ccccc1-c1cc(-c2nc(-c3ccnc(C4(C#N)CCNCC4)c3)cnc2N)on1. The van der Waals surface area contributed by atoms with Gasteiger partial charge in [0.1, 0.15) is 16.9 Å². The Balaban J connectivity index is 1.51. The molecule has 0 unspecified atom stereocenters. The molecule has 0 amide bonds. The summed E-state index contributed by atoms with van der Waals surface area (Å²) in [5, 5.41) is 17.4. The van der Waals surface area contributed by atoms with Crippen molar-refractivity contribution in [2.24, 2.45) is 0 Å². The van der Waals surface area contributed by atoms with E-state index in [9.17, 15) is 5.26 Å². The smallest absolute Gasteiger partial charge is 0.189 e. The third-order valence-corrected chi connectivity index (χ3v) is 6.14. The molecule has 0 bridgehead atoms. The standard InChI is InChI=1S/C25H23N7O2/c1-33-20-5-3-2-4-17(20)18-13-21(34-32-18)23-24(27)30-14-19(31-23)16-6-9-29-22(12-16)25(15-26)7-10-28-11-8-25/h2-6,9,12-14,28H,7-8,10-11H2,1H3,(H2,27,30). The van der Waals surface area contributed by atoms with Crippen molar-refractivity contribution >= 4 is 5.82 Å². The first-order valence-electron chi connectivity index (χ1n) is 11.0. The second kappa shape index (κ2) is 8.92. The van der Waals surface area contributed by atoms with E-state index in [2.05, 4.69) is 26.5 Å². The van der Waals surface area contributed by atoms with E-state index >= 15 is 0 Å². The van der Waals surface area contributed by atoms with Gasteiger partial charge in [-0.25, -0.2) is 9.97 Å². The van der Waals surface area contributed by atoms with Gasteiger partial charge in [0.25, 0.3) is 0 Å². The lowest BCUT2D eigenvalue weighted by Gasteiger charge is -2.30. The normalized spacial score (nSPS) is 14.9. The Labute approximate surface area is 196 Å². The Kier molecular flexibility index (Phi) is 5.65. The van der Waals surface area contributed by atoms with E-state index in [1.807, 2.05) is 36.4 Å². The van der Waals surface area contributed by atoms with Crippen molar-refractivity contribution in [1.29, 1.82) is 5.26 Å². The number of rotatable bonds is 5. The lowest BCUT2D eigenvalue weighted by Crippen LogP contribution is -2.39. The zero-order chi connectivity index (χ0) is 23.5. The highest BCUT2D eigenvalue weighted by molar-refractivity contribution is 5.75. The van der Waals surface area contributed by atoms with E-state index in [0.29, 0.717) is 41.4 Å². The number of benzene rings is 1. The van der Waals surface area contributed by atoms with Crippen LogP contribution in [-0.4, -0.2) is 40.3 Å².